The fraction of sp³-hybridized carbons (Fsp3) is 0.850. The molecule has 0 bridgehead atoms. The molecule has 135 valence electrons. The second-order valence-electron chi connectivity index (χ2n) is 7.69. The van der Waals surface area contributed by atoms with E-state index < -0.39 is 5.97 Å². The zero-order valence-corrected chi connectivity index (χ0v) is 18.2. The molecule has 2 atom stereocenters. The number of hydrogen-bond acceptors (Lipinski definition) is 1. The van der Waals surface area contributed by atoms with Gasteiger partial charge in [0, 0.05) is 28.5 Å². The zero-order valence-electron chi connectivity index (χ0n) is 16.0. The van der Waals surface area contributed by atoms with Crippen molar-refractivity contribution in [3.63, 3.8) is 0 Å². The molecule has 0 fully saturated rings. The van der Waals surface area contributed by atoms with Crippen molar-refractivity contribution >= 4 is 5.97 Å². The molecule has 0 aliphatic heterocycles. The monoisotopic (exact) mass is 403 g/mol. The molecule has 0 saturated carbocycles. The maximum atomic E-state index is 10.5. The molecular formula is C20H38NbO2. The van der Waals surface area contributed by atoms with E-state index in [4.69, 9.17) is 5.11 Å². The van der Waals surface area contributed by atoms with E-state index in [1.54, 1.807) is 0 Å². The third-order valence-electron chi connectivity index (χ3n) is 4.51. The number of hydrogen-bond donors (Lipinski definition) is 1. The number of carboxylic acid groups (broad SMARTS) is 1. The number of aliphatic carboxylic acids is 1. The molecule has 1 N–H and O–H groups in total. The Morgan fingerprint density at radius 1 is 0.870 bits per heavy atom. The summed E-state index contributed by atoms with van der Waals surface area (Å²) in [6, 6.07) is 0. The quantitative estimate of drug-likeness (QED) is 0.283. The standard InChI is InChI=1S/C20H38O2.Nb/c1-16(2)9-6-10-17(3)11-7-12-18(4)13-8-14-19(5)15-20(21)22;/h15-18H,6-14H2,1-5H3,(H,21,22);/b19-15+;/t17-,18-;/m1./s1. The van der Waals surface area contributed by atoms with Gasteiger partial charge in [0.25, 0.3) is 0 Å². The van der Waals surface area contributed by atoms with Gasteiger partial charge in [-0.2, -0.15) is 0 Å². The van der Waals surface area contributed by atoms with E-state index in [0.717, 1.165) is 36.2 Å². The Bertz CT molecular complexity index is 324. The van der Waals surface area contributed by atoms with Crippen LogP contribution in [0.15, 0.2) is 11.6 Å². The molecule has 1 radical (unpaired) electrons. The molecule has 0 amide bonds. The van der Waals surface area contributed by atoms with E-state index in [1.807, 2.05) is 6.92 Å². The molecule has 0 aliphatic carbocycles. The van der Waals surface area contributed by atoms with Crippen molar-refractivity contribution in [3.05, 3.63) is 11.6 Å². The molecule has 0 spiro atoms. The molecule has 0 rings (SSSR count). The van der Waals surface area contributed by atoms with Crippen LogP contribution in [0, 0.1) is 17.8 Å². The van der Waals surface area contributed by atoms with E-state index in [1.165, 1.54) is 51.0 Å². The van der Waals surface area contributed by atoms with Crippen molar-refractivity contribution in [2.45, 2.75) is 92.4 Å². The molecule has 0 heterocycles. The molecule has 3 heteroatoms. The van der Waals surface area contributed by atoms with Crippen LogP contribution in [0.5, 0.6) is 0 Å². The molecular weight excluding hydrogens is 365 g/mol. The topological polar surface area (TPSA) is 37.3 Å². The minimum Gasteiger partial charge on any atom is -0.478 e. The Labute approximate surface area is 160 Å². The van der Waals surface area contributed by atoms with Crippen LogP contribution < -0.4 is 0 Å². The van der Waals surface area contributed by atoms with Crippen molar-refractivity contribution in [3.8, 4) is 0 Å². The minimum absolute atomic E-state index is 0. The number of carbonyl (C=O) groups is 1. The largest absolute Gasteiger partial charge is 0.478 e. The third-order valence-corrected chi connectivity index (χ3v) is 4.51. The van der Waals surface area contributed by atoms with E-state index in [2.05, 4.69) is 27.7 Å². The maximum absolute atomic E-state index is 10.5. The Kier molecular flexibility index (Phi) is 17.0. The van der Waals surface area contributed by atoms with Gasteiger partial charge in [0.05, 0.1) is 0 Å². The molecule has 23 heavy (non-hydrogen) atoms. The van der Waals surface area contributed by atoms with Crippen LogP contribution in [0.3, 0.4) is 0 Å². The molecule has 0 aromatic carbocycles. The molecule has 0 unspecified atom stereocenters. The molecule has 0 aromatic heterocycles. The molecule has 0 aromatic rings. The smallest absolute Gasteiger partial charge is 0.328 e. The SMILES string of the molecule is C/C(=C\C(=O)O)CCC[C@H](C)CCC[C@H](C)CCCC(C)C.[Nb]. The molecule has 0 aliphatic rings. The van der Waals surface area contributed by atoms with Gasteiger partial charge < -0.3 is 5.11 Å². The Morgan fingerprint density at radius 3 is 1.74 bits per heavy atom. The predicted molar refractivity (Wildman–Crippen MR) is 96.1 cm³/mol. The van der Waals surface area contributed by atoms with Crippen LogP contribution in [-0.4, -0.2) is 11.1 Å². The van der Waals surface area contributed by atoms with E-state index in [-0.39, 0.29) is 22.4 Å². The summed E-state index contributed by atoms with van der Waals surface area (Å²) in [5.41, 5.74) is 0.985. The molecule has 0 saturated heterocycles. The van der Waals surface area contributed by atoms with E-state index in [0.29, 0.717) is 0 Å². The fourth-order valence-corrected chi connectivity index (χ4v) is 2.99. The van der Waals surface area contributed by atoms with Crippen molar-refractivity contribution in [2.24, 2.45) is 17.8 Å². The summed E-state index contributed by atoms with van der Waals surface area (Å²) in [7, 11) is 0. The number of carboxylic acids is 1. The van der Waals surface area contributed by atoms with Crippen LogP contribution in [0.1, 0.15) is 92.4 Å². The summed E-state index contributed by atoms with van der Waals surface area (Å²) in [4.78, 5) is 10.5. The average molecular weight is 403 g/mol. The van der Waals surface area contributed by atoms with Crippen molar-refractivity contribution in [1.82, 2.24) is 0 Å². The van der Waals surface area contributed by atoms with Crippen molar-refractivity contribution in [1.29, 1.82) is 0 Å². The van der Waals surface area contributed by atoms with Crippen LogP contribution in [-0.2, 0) is 27.2 Å². The van der Waals surface area contributed by atoms with Gasteiger partial charge in [-0.15, -0.1) is 0 Å². The second kappa shape index (κ2) is 15.5. The Balaban J connectivity index is 0. The van der Waals surface area contributed by atoms with Crippen LogP contribution in [0.25, 0.3) is 0 Å². The summed E-state index contributed by atoms with van der Waals surface area (Å²) in [6.45, 7) is 11.3. The summed E-state index contributed by atoms with van der Waals surface area (Å²) >= 11 is 0. The van der Waals surface area contributed by atoms with Gasteiger partial charge in [0.2, 0.25) is 0 Å². The maximum Gasteiger partial charge on any atom is 0.328 e. The number of rotatable bonds is 13. The summed E-state index contributed by atoms with van der Waals surface area (Å²) in [5, 5.41) is 8.68. The first-order valence-electron chi connectivity index (χ1n) is 9.21. The van der Waals surface area contributed by atoms with Gasteiger partial charge in [0.15, 0.2) is 0 Å². The summed E-state index contributed by atoms with van der Waals surface area (Å²) in [5.74, 6) is 1.65. The minimum atomic E-state index is -0.822. The second-order valence-corrected chi connectivity index (χ2v) is 7.69. The van der Waals surface area contributed by atoms with E-state index in [9.17, 15) is 4.79 Å². The summed E-state index contributed by atoms with van der Waals surface area (Å²) < 4.78 is 0. The van der Waals surface area contributed by atoms with E-state index >= 15 is 0 Å². The van der Waals surface area contributed by atoms with Crippen LogP contribution in [0.2, 0.25) is 0 Å². The fourth-order valence-electron chi connectivity index (χ4n) is 2.99. The Hall–Kier alpha value is -0.0497. The number of allylic oxidation sites excluding steroid dienone is 1. The van der Waals surface area contributed by atoms with Gasteiger partial charge in [-0.3, -0.25) is 0 Å². The summed E-state index contributed by atoms with van der Waals surface area (Å²) in [6.07, 6.45) is 12.7. The van der Waals surface area contributed by atoms with Crippen LogP contribution >= 0.6 is 0 Å². The predicted octanol–water partition coefficient (Wildman–Crippen LogP) is 6.45. The zero-order chi connectivity index (χ0) is 17.0. The van der Waals surface area contributed by atoms with Gasteiger partial charge in [-0.05, 0) is 37.5 Å². The van der Waals surface area contributed by atoms with Crippen molar-refractivity contribution in [2.75, 3.05) is 0 Å². The van der Waals surface area contributed by atoms with Gasteiger partial charge >= 0.3 is 5.97 Å². The van der Waals surface area contributed by atoms with Gasteiger partial charge in [-0.25, -0.2) is 4.79 Å². The first-order valence-corrected chi connectivity index (χ1v) is 9.21. The normalized spacial score (nSPS) is 14.4. The Morgan fingerprint density at radius 2 is 1.30 bits per heavy atom. The van der Waals surface area contributed by atoms with Gasteiger partial charge in [0.1, 0.15) is 0 Å². The first-order chi connectivity index (χ1) is 10.3. The van der Waals surface area contributed by atoms with Gasteiger partial charge in [-0.1, -0.05) is 78.2 Å². The van der Waals surface area contributed by atoms with Crippen molar-refractivity contribution < 1.29 is 32.3 Å². The third kappa shape index (κ3) is 18.1. The molecule has 2 nitrogen and oxygen atoms in total. The van der Waals surface area contributed by atoms with Crippen LogP contribution in [0.4, 0.5) is 0 Å². The average Bonchev–Trinajstić information content (AvgIpc) is 2.37. The first kappa shape index (κ1) is 25.2.